The average Bonchev–Trinajstić information content (AvgIpc) is 3.63. The summed E-state index contributed by atoms with van der Waals surface area (Å²) in [6.07, 6.45) is -3.46. The number of aliphatic hydroxyl groups excluding tert-OH is 3. The van der Waals surface area contributed by atoms with E-state index in [2.05, 4.69) is 26.6 Å². The number of hydrogen-bond acceptors (Lipinski definition) is 13. The lowest BCUT2D eigenvalue weighted by atomic mass is 10.1. The summed E-state index contributed by atoms with van der Waals surface area (Å²) in [5.41, 5.74) is 11.4. The zero-order valence-electron chi connectivity index (χ0n) is 29.9. The molecule has 1 fully saturated rings. The minimum absolute atomic E-state index is 0.120. The lowest BCUT2D eigenvalue weighted by molar-refractivity contribution is -0.143. The van der Waals surface area contributed by atoms with Gasteiger partial charge in [0.15, 0.2) is 0 Å². The SMILES string of the molecule is CC(O)C(NC(=O)C1CCCN1C(=O)C(N)CO)C(=O)NC(CCC(=O)O)C(=O)NC(CC(N)=O)C(=O)NC(CO)C(=O)NC(Cc1ccccc1)C(=O)O. The zero-order valence-corrected chi connectivity index (χ0v) is 29.9. The molecule has 0 aromatic heterocycles. The monoisotopic (exact) mass is 780 g/mol. The first-order valence-corrected chi connectivity index (χ1v) is 17.1. The van der Waals surface area contributed by atoms with Gasteiger partial charge in [-0.2, -0.15) is 0 Å². The summed E-state index contributed by atoms with van der Waals surface area (Å²) in [5, 5.41) is 59.3. The van der Waals surface area contributed by atoms with Gasteiger partial charge in [0.25, 0.3) is 0 Å². The summed E-state index contributed by atoms with van der Waals surface area (Å²) in [4.78, 5) is 115. The van der Waals surface area contributed by atoms with Gasteiger partial charge >= 0.3 is 11.9 Å². The Kier molecular flexibility index (Phi) is 18.1. The van der Waals surface area contributed by atoms with Crippen molar-refractivity contribution in [2.24, 2.45) is 11.5 Å². The minimum atomic E-state index is -1.88. The Hall–Kier alpha value is -5.71. The molecule has 0 saturated carbocycles. The number of likely N-dealkylation sites (tertiary alicyclic amines) is 1. The van der Waals surface area contributed by atoms with Gasteiger partial charge in [0.2, 0.25) is 41.4 Å². The Labute approximate surface area is 314 Å². The first kappa shape index (κ1) is 45.4. The maximum Gasteiger partial charge on any atom is 0.326 e. The van der Waals surface area contributed by atoms with Crippen LogP contribution in [0.15, 0.2) is 30.3 Å². The second-order valence-corrected chi connectivity index (χ2v) is 12.8. The molecule has 2 rings (SSSR count). The topological polar surface area (TPSA) is 370 Å². The highest BCUT2D eigenvalue weighted by molar-refractivity contribution is 5.98. The van der Waals surface area contributed by atoms with Crippen molar-refractivity contribution in [1.82, 2.24) is 31.5 Å². The molecule has 22 nitrogen and oxygen atoms in total. The molecule has 0 radical (unpaired) electrons. The molecule has 1 aromatic rings. The van der Waals surface area contributed by atoms with Gasteiger partial charge in [-0.3, -0.25) is 38.4 Å². The first-order valence-electron chi connectivity index (χ1n) is 17.1. The van der Waals surface area contributed by atoms with Gasteiger partial charge in [0.1, 0.15) is 42.3 Å². The van der Waals surface area contributed by atoms with Crippen molar-refractivity contribution in [3.8, 4) is 0 Å². The van der Waals surface area contributed by atoms with E-state index in [4.69, 9.17) is 11.5 Å². The molecule has 0 aliphatic carbocycles. The van der Waals surface area contributed by atoms with Crippen LogP contribution in [-0.4, -0.2) is 152 Å². The number of hydrogen-bond donors (Lipinski definition) is 12. The molecule has 1 saturated heterocycles. The number of nitrogens with one attached hydrogen (secondary N) is 5. The van der Waals surface area contributed by atoms with Crippen molar-refractivity contribution in [1.29, 1.82) is 0 Å². The normalized spacial score (nSPS) is 17.5. The van der Waals surface area contributed by atoms with Crippen molar-refractivity contribution < 1.29 is 68.7 Å². The number of aliphatic hydroxyl groups is 3. The highest BCUT2D eigenvalue weighted by Gasteiger charge is 2.39. The molecule has 55 heavy (non-hydrogen) atoms. The van der Waals surface area contributed by atoms with E-state index in [1.807, 2.05) is 0 Å². The highest BCUT2D eigenvalue weighted by Crippen LogP contribution is 2.19. The largest absolute Gasteiger partial charge is 0.481 e. The molecule has 1 aliphatic rings. The third-order valence-electron chi connectivity index (χ3n) is 8.45. The lowest BCUT2D eigenvalue weighted by Crippen LogP contribution is -2.61. The summed E-state index contributed by atoms with van der Waals surface area (Å²) < 4.78 is 0. The van der Waals surface area contributed by atoms with Crippen molar-refractivity contribution in [3.05, 3.63) is 35.9 Å². The maximum absolute atomic E-state index is 13.4. The standard InChI is InChI=1S/C33H48N8O14/c1-16(44)26(40-30(51)23-8-5-11-41(23)32(53)18(34)14-42)31(52)36-19(9-10-25(46)47)27(48)37-20(13-24(35)45)28(49)39-22(15-43)29(50)38-21(33(54)55)12-17-6-3-2-4-7-17/h2-4,6-7,16,18-23,26,42-44H,5,8-15,34H2,1H3,(H2,35,45)(H,36,52)(H,37,48)(H,38,50)(H,39,49)(H,40,51)(H,46,47)(H,54,55). The van der Waals surface area contributed by atoms with Gasteiger partial charge < -0.3 is 68.5 Å². The fourth-order valence-corrected chi connectivity index (χ4v) is 5.52. The number of benzene rings is 1. The molecule has 1 heterocycles. The predicted molar refractivity (Wildman–Crippen MR) is 187 cm³/mol. The van der Waals surface area contributed by atoms with Crippen LogP contribution >= 0.6 is 0 Å². The van der Waals surface area contributed by atoms with Crippen LogP contribution in [0.1, 0.15) is 44.6 Å². The molecule has 1 aliphatic heterocycles. The summed E-state index contributed by atoms with van der Waals surface area (Å²) in [5.74, 6) is -10.4. The van der Waals surface area contributed by atoms with Crippen molar-refractivity contribution >= 4 is 53.3 Å². The third-order valence-corrected chi connectivity index (χ3v) is 8.45. The first-order chi connectivity index (χ1) is 25.9. The average molecular weight is 781 g/mol. The van der Waals surface area contributed by atoms with Crippen molar-refractivity contribution in [2.45, 2.75) is 93.8 Å². The second kappa shape index (κ2) is 21.9. The van der Waals surface area contributed by atoms with E-state index in [1.165, 1.54) is 0 Å². The van der Waals surface area contributed by atoms with Crippen LogP contribution in [0.2, 0.25) is 0 Å². The van der Waals surface area contributed by atoms with Gasteiger partial charge in [-0.25, -0.2) is 4.79 Å². The number of carbonyl (C=O) groups is 9. The summed E-state index contributed by atoms with van der Waals surface area (Å²) >= 11 is 0. The van der Waals surface area contributed by atoms with Crippen LogP contribution in [0.5, 0.6) is 0 Å². The van der Waals surface area contributed by atoms with Gasteiger partial charge in [-0.05, 0) is 31.7 Å². The number of carboxylic acids is 2. The number of carboxylic acid groups (broad SMARTS) is 2. The molecular weight excluding hydrogens is 732 g/mol. The predicted octanol–water partition coefficient (Wildman–Crippen LogP) is -5.84. The third kappa shape index (κ3) is 14.2. The lowest BCUT2D eigenvalue weighted by Gasteiger charge is -2.29. The molecule has 8 unspecified atom stereocenters. The van der Waals surface area contributed by atoms with Crippen LogP contribution < -0.4 is 38.1 Å². The molecule has 1 aromatic carbocycles. The quantitative estimate of drug-likeness (QED) is 0.0521. The number of nitrogens with zero attached hydrogens (tertiary/aromatic N) is 1. The Morgan fingerprint density at radius 2 is 1.36 bits per heavy atom. The number of carbonyl (C=O) groups excluding carboxylic acids is 7. The molecular formula is C33H48N8O14. The molecule has 0 bridgehead atoms. The minimum Gasteiger partial charge on any atom is -0.481 e. The van der Waals surface area contributed by atoms with Crippen LogP contribution in [0, 0.1) is 0 Å². The molecule has 22 heteroatoms. The van der Waals surface area contributed by atoms with Crippen molar-refractivity contribution in [3.63, 3.8) is 0 Å². The second-order valence-electron chi connectivity index (χ2n) is 12.8. The van der Waals surface area contributed by atoms with Crippen LogP contribution in [0.4, 0.5) is 0 Å². The van der Waals surface area contributed by atoms with Crippen LogP contribution in [-0.2, 0) is 49.6 Å². The molecule has 0 spiro atoms. The number of amides is 7. The van der Waals surface area contributed by atoms with E-state index in [9.17, 15) is 68.7 Å². The fraction of sp³-hybridized carbons (Fsp3) is 0.545. The number of nitrogens with two attached hydrogens (primary N) is 2. The van der Waals surface area contributed by atoms with Crippen LogP contribution in [0.3, 0.4) is 0 Å². The Morgan fingerprint density at radius 1 is 0.800 bits per heavy atom. The van der Waals surface area contributed by atoms with Crippen molar-refractivity contribution in [2.75, 3.05) is 19.8 Å². The molecule has 7 amide bonds. The van der Waals surface area contributed by atoms with E-state index in [0.29, 0.717) is 12.0 Å². The highest BCUT2D eigenvalue weighted by atomic mass is 16.4. The van der Waals surface area contributed by atoms with E-state index in [0.717, 1.165) is 11.8 Å². The smallest absolute Gasteiger partial charge is 0.326 e. The Balaban J connectivity index is 2.22. The van der Waals surface area contributed by atoms with E-state index < -0.39 is 134 Å². The summed E-state index contributed by atoms with van der Waals surface area (Å²) in [7, 11) is 0. The number of primary amides is 1. The van der Waals surface area contributed by atoms with Crippen LogP contribution in [0.25, 0.3) is 0 Å². The summed E-state index contributed by atoms with van der Waals surface area (Å²) in [6.45, 7) is -0.507. The Bertz CT molecular complexity index is 1560. The molecule has 8 atom stereocenters. The van der Waals surface area contributed by atoms with E-state index >= 15 is 0 Å². The van der Waals surface area contributed by atoms with E-state index in [1.54, 1.807) is 30.3 Å². The zero-order chi connectivity index (χ0) is 41.4. The number of rotatable bonds is 22. The fourth-order valence-electron chi connectivity index (χ4n) is 5.52. The molecule has 304 valence electrons. The van der Waals surface area contributed by atoms with Gasteiger partial charge in [0, 0.05) is 19.4 Å². The van der Waals surface area contributed by atoms with Gasteiger partial charge in [-0.1, -0.05) is 30.3 Å². The summed E-state index contributed by atoms with van der Waals surface area (Å²) in [6, 6.07) is -2.90. The van der Waals surface area contributed by atoms with Gasteiger partial charge in [-0.15, -0.1) is 0 Å². The maximum atomic E-state index is 13.4. The van der Waals surface area contributed by atoms with E-state index in [-0.39, 0.29) is 19.4 Å². The van der Waals surface area contributed by atoms with Gasteiger partial charge in [0.05, 0.1) is 25.7 Å². The Morgan fingerprint density at radius 3 is 1.91 bits per heavy atom. The molecule has 14 N–H and O–H groups in total. The number of aliphatic carboxylic acids is 2.